The third-order valence-electron chi connectivity index (χ3n) is 5.98. The third-order valence-corrected chi connectivity index (χ3v) is 6.79. The van der Waals surface area contributed by atoms with E-state index in [1.165, 1.54) is 0 Å². The maximum atomic E-state index is 13.0. The summed E-state index contributed by atoms with van der Waals surface area (Å²) in [5.41, 5.74) is 2.78. The zero-order valence-electron chi connectivity index (χ0n) is 18.2. The van der Waals surface area contributed by atoms with Crippen molar-refractivity contribution < 1.29 is 29.0 Å². The van der Waals surface area contributed by atoms with Gasteiger partial charge in [0.15, 0.2) is 0 Å². The summed E-state index contributed by atoms with van der Waals surface area (Å²) in [6, 6.07) is 6.65. The number of esters is 1. The van der Waals surface area contributed by atoms with Crippen molar-refractivity contribution in [2.75, 3.05) is 0 Å². The summed E-state index contributed by atoms with van der Waals surface area (Å²) in [6.45, 7) is 7.26. The van der Waals surface area contributed by atoms with Crippen LogP contribution in [-0.4, -0.2) is 27.8 Å². The number of thioether (sulfide) groups is 1. The van der Waals surface area contributed by atoms with Gasteiger partial charge in [-0.15, -0.1) is 0 Å². The number of benzene rings is 2. The number of imide groups is 1. The Balaban J connectivity index is 1.50. The molecule has 8 heteroatoms. The van der Waals surface area contributed by atoms with E-state index in [1.54, 1.807) is 37.3 Å². The van der Waals surface area contributed by atoms with Crippen LogP contribution in [0.1, 0.15) is 41.2 Å². The first kappa shape index (κ1) is 22.0. The van der Waals surface area contributed by atoms with E-state index in [2.05, 4.69) is 5.32 Å². The molecule has 7 nitrogen and oxygen atoms in total. The standard InChI is InChI=1S/C24H23NO6S/c1-12-13(2)20-17(14(3)19(12)26)9-10-24(4,31-20)22(28)30-16-7-5-15(6-8-16)11-18-21(27)25-23(29)32-18/h5-8,11,26H,9-10H2,1-4H3,(H,25,27,29)/b18-11-/t24-/m1/s1. The SMILES string of the molecule is Cc1c(C)c2c(c(C)c1O)CC[C@](C)(C(=O)Oc1ccc(/C=C3\SC(=O)NC3=O)cc1)O2. The minimum Gasteiger partial charge on any atom is -0.507 e. The maximum Gasteiger partial charge on any atom is 0.355 e. The number of hydrogen-bond acceptors (Lipinski definition) is 7. The van der Waals surface area contributed by atoms with Gasteiger partial charge in [0.1, 0.15) is 17.2 Å². The highest BCUT2D eigenvalue weighted by molar-refractivity contribution is 8.18. The van der Waals surface area contributed by atoms with E-state index in [9.17, 15) is 19.5 Å². The van der Waals surface area contributed by atoms with Crippen LogP contribution < -0.4 is 14.8 Å². The summed E-state index contributed by atoms with van der Waals surface area (Å²) in [7, 11) is 0. The van der Waals surface area contributed by atoms with Crippen LogP contribution in [0.3, 0.4) is 0 Å². The Morgan fingerprint density at radius 1 is 1.16 bits per heavy atom. The Labute approximate surface area is 189 Å². The lowest BCUT2D eigenvalue weighted by molar-refractivity contribution is -0.152. The fourth-order valence-electron chi connectivity index (χ4n) is 3.81. The summed E-state index contributed by atoms with van der Waals surface area (Å²) in [5, 5.41) is 12.1. The molecule has 2 heterocycles. The number of nitrogens with one attached hydrogen (secondary N) is 1. The van der Waals surface area contributed by atoms with E-state index >= 15 is 0 Å². The number of amides is 2. The highest BCUT2D eigenvalue weighted by Gasteiger charge is 2.42. The summed E-state index contributed by atoms with van der Waals surface area (Å²) in [6.07, 6.45) is 2.61. The molecule has 0 unspecified atom stereocenters. The molecule has 1 fully saturated rings. The third kappa shape index (κ3) is 3.86. The second-order valence-corrected chi connectivity index (χ2v) is 9.19. The summed E-state index contributed by atoms with van der Waals surface area (Å²) >= 11 is 0.844. The van der Waals surface area contributed by atoms with Crippen LogP contribution in [0.15, 0.2) is 29.2 Å². The van der Waals surface area contributed by atoms with Gasteiger partial charge in [0.2, 0.25) is 5.60 Å². The van der Waals surface area contributed by atoms with Gasteiger partial charge in [0, 0.05) is 12.0 Å². The molecule has 0 aliphatic carbocycles. The smallest absolute Gasteiger partial charge is 0.355 e. The lowest BCUT2D eigenvalue weighted by Gasteiger charge is -2.35. The summed E-state index contributed by atoms with van der Waals surface area (Å²) < 4.78 is 11.7. The predicted octanol–water partition coefficient (Wildman–Crippen LogP) is 4.33. The van der Waals surface area contributed by atoms with E-state index in [1.807, 2.05) is 20.8 Å². The van der Waals surface area contributed by atoms with E-state index < -0.39 is 22.7 Å². The minimum absolute atomic E-state index is 0.268. The van der Waals surface area contributed by atoms with Crippen molar-refractivity contribution >= 4 is 35.0 Å². The molecule has 2 aliphatic heterocycles. The first-order chi connectivity index (χ1) is 15.1. The number of rotatable bonds is 3. The molecule has 0 radical (unpaired) electrons. The van der Waals surface area contributed by atoms with Crippen LogP contribution in [0.25, 0.3) is 6.08 Å². The van der Waals surface area contributed by atoms with Gasteiger partial charge in [0.05, 0.1) is 4.91 Å². The van der Waals surface area contributed by atoms with Gasteiger partial charge in [-0.1, -0.05) is 12.1 Å². The van der Waals surface area contributed by atoms with Gasteiger partial charge in [-0.05, 0) is 86.3 Å². The highest BCUT2D eigenvalue weighted by atomic mass is 32.2. The number of fused-ring (bicyclic) bond motifs is 1. The minimum atomic E-state index is -1.16. The number of hydrogen-bond donors (Lipinski definition) is 2. The second kappa shape index (κ2) is 8.02. The number of carbonyl (C=O) groups excluding carboxylic acids is 3. The number of phenols is 1. The topological polar surface area (TPSA) is 102 Å². The van der Waals surface area contributed by atoms with Crippen molar-refractivity contribution in [1.82, 2.24) is 5.32 Å². The molecule has 2 aromatic rings. The van der Waals surface area contributed by atoms with Crippen LogP contribution in [0.4, 0.5) is 4.79 Å². The van der Waals surface area contributed by atoms with Gasteiger partial charge in [-0.3, -0.25) is 14.9 Å². The van der Waals surface area contributed by atoms with Crippen molar-refractivity contribution in [2.24, 2.45) is 0 Å². The average Bonchev–Trinajstić information content (AvgIpc) is 3.08. The Kier molecular flexibility index (Phi) is 5.50. The predicted molar refractivity (Wildman–Crippen MR) is 121 cm³/mol. The van der Waals surface area contributed by atoms with E-state index in [4.69, 9.17) is 9.47 Å². The molecule has 1 atom stereocenters. The molecular formula is C24H23NO6S. The van der Waals surface area contributed by atoms with Gasteiger partial charge in [-0.25, -0.2) is 4.79 Å². The summed E-state index contributed by atoms with van der Waals surface area (Å²) in [4.78, 5) is 36.2. The molecule has 2 amide bonds. The van der Waals surface area contributed by atoms with E-state index in [0.29, 0.717) is 34.8 Å². The Hall–Kier alpha value is -3.26. The van der Waals surface area contributed by atoms with Gasteiger partial charge in [0.25, 0.3) is 11.1 Å². The van der Waals surface area contributed by atoms with Gasteiger partial charge >= 0.3 is 5.97 Å². The van der Waals surface area contributed by atoms with Crippen molar-refractivity contribution in [3.8, 4) is 17.2 Å². The zero-order chi connectivity index (χ0) is 23.2. The van der Waals surface area contributed by atoms with Crippen molar-refractivity contribution in [3.05, 3.63) is 57.0 Å². The highest BCUT2D eigenvalue weighted by Crippen LogP contribution is 2.43. The first-order valence-corrected chi connectivity index (χ1v) is 11.0. The molecule has 166 valence electrons. The largest absolute Gasteiger partial charge is 0.507 e. The van der Waals surface area contributed by atoms with Crippen LogP contribution in [0.5, 0.6) is 17.2 Å². The number of aromatic hydroxyl groups is 1. The Bertz CT molecular complexity index is 1180. The van der Waals surface area contributed by atoms with Gasteiger partial charge < -0.3 is 14.6 Å². The molecular weight excluding hydrogens is 430 g/mol. The Morgan fingerprint density at radius 2 is 1.84 bits per heavy atom. The quantitative estimate of drug-likeness (QED) is 0.405. The van der Waals surface area contributed by atoms with Crippen molar-refractivity contribution in [2.45, 2.75) is 46.1 Å². The molecule has 2 aromatic carbocycles. The average molecular weight is 454 g/mol. The molecule has 2 N–H and O–H groups in total. The van der Waals surface area contributed by atoms with E-state index in [-0.39, 0.29) is 5.75 Å². The maximum absolute atomic E-state index is 13.0. The first-order valence-electron chi connectivity index (χ1n) is 10.2. The lowest BCUT2D eigenvalue weighted by atomic mass is 9.87. The summed E-state index contributed by atoms with van der Waals surface area (Å²) in [5.74, 6) is 0.319. The molecule has 0 spiro atoms. The molecule has 0 saturated carbocycles. The molecule has 4 rings (SSSR count). The van der Waals surface area contributed by atoms with Crippen LogP contribution in [0.2, 0.25) is 0 Å². The molecule has 2 aliphatic rings. The van der Waals surface area contributed by atoms with Crippen molar-refractivity contribution in [1.29, 1.82) is 0 Å². The lowest BCUT2D eigenvalue weighted by Crippen LogP contribution is -2.47. The molecule has 0 bridgehead atoms. The zero-order valence-corrected chi connectivity index (χ0v) is 19.0. The van der Waals surface area contributed by atoms with Crippen molar-refractivity contribution in [3.63, 3.8) is 0 Å². The molecule has 1 saturated heterocycles. The van der Waals surface area contributed by atoms with Crippen LogP contribution >= 0.6 is 11.8 Å². The second-order valence-electron chi connectivity index (χ2n) is 8.17. The van der Waals surface area contributed by atoms with Crippen LogP contribution in [0, 0.1) is 20.8 Å². The number of phenolic OH excluding ortho intramolecular Hbond substituents is 1. The normalized spacial score (nSPS) is 21.2. The fraction of sp³-hybridized carbons (Fsp3) is 0.292. The fourth-order valence-corrected chi connectivity index (χ4v) is 4.49. The Morgan fingerprint density at radius 3 is 2.47 bits per heavy atom. The molecule has 32 heavy (non-hydrogen) atoms. The van der Waals surface area contributed by atoms with Gasteiger partial charge in [-0.2, -0.15) is 0 Å². The number of ether oxygens (including phenoxy) is 2. The monoisotopic (exact) mass is 453 g/mol. The van der Waals surface area contributed by atoms with E-state index in [0.717, 1.165) is 34.0 Å². The van der Waals surface area contributed by atoms with Crippen LogP contribution in [-0.2, 0) is 16.0 Å². The number of carbonyl (C=O) groups is 3. The molecule has 0 aromatic heterocycles.